The first-order valence-electron chi connectivity index (χ1n) is 15.0. The van der Waals surface area contributed by atoms with E-state index in [4.69, 9.17) is 10.7 Å². The molecule has 4 rings (SSSR count). The minimum absolute atomic E-state index is 0.0443. The Hall–Kier alpha value is -4.82. The molecule has 8 nitrogen and oxygen atoms in total. The highest BCUT2D eigenvalue weighted by Crippen LogP contribution is 2.31. The lowest BCUT2D eigenvalue weighted by atomic mass is 9.96. The van der Waals surface area contributed by atoms with E-state index in [-0.39, 0.29) is 29.3 Å². The molecule has 2 aliphatic rings. The number of amides is 1. The number of aryl methyl sites for hydroxylation is 1. The highest BCUT2D eigenvalue weighted by atomic mass is 19.4. The molecule has 242 valence electrons. The lowest BCUT2D eigenvalue weighted by Gasteiger charge is -2.35. The number of benzene rings is 2. The van der Waals surface area contributed by atoms with Crippen LogP contribution in [-0.4, -0.2) is 67.0 Å². The Bertz CT molecular complexity index is 1620. The maximum absolute atomic E-state index is 13.1. The van der Waals surface area contributed by atoms with Crippen LogP contribution in [0, 0.1) is 24.7 Å². The van der Waals surface area contributed by atoms with Gasteiger partial charge in [-0.15, -0.1) is 0 Å². The lowest BCUT2D eigenvalue weighted by molar-refractivity contribution is -0.137. The highest BCUT2D eigenvalue weighted by Gasteiger charge is 2.31. The van der Waals surface area contributed by atoms with Crippen molar-refractivity contribution in [2.24, 2.45) is 21.6 Å². The Kier molecular flexibility index (Phi) is 11.1. The van der Waals surface area contributed by atoms with E-state index >= 15 is 0 Å². The lowest BCUT2D eigenvalue weighted by Crippen LogP contribution is -2.50. The summed E-state index contributed by atoms with van der Waals surface area (Å²) >= 11 is 0. The topological polar surface area (TPSA) is 98.4 Å². The zero-order chi connectivity index (χ0) is 33.4. The fourth-order valence-corrected chi connectivity index (χ4v) is 5.18. The van der Waals surface area contributed by atoms with Gasteiger partial charge in [0.15, 0.2) is 0 Å². The maximum Gasteiger partial charge on any atom is 0.416 e. The van der Waals surface area contributed by atoms with Crippen molar-refractivity contribution in [3.8, 4) is 11.8 Å². The van der Waals surface area contributed by atoms with Crippen LogP contribution in [0.1, 0.15) is 46.8 Å². The number of likely N-dealkylation sites (tertiary alicyclic amines) is 1. The first-order valence-corrected chi connectivity index (χ1v) is 15.0. The van der Waals surface area contributed by atoms with Gasteiger partial charge >= 0.3 is 6.18 Å². The van der Waals surface area contributed by atoms with Gasteiger partial charge in [0, 0.05) is 48.4 Å². The molecule has 2 aromatic carbocycles. The number of amidine groups is 1. The fourth-order valence-electron chi connectivity index (χ4n) is 5.18. The summed E-state index contributed by atoms with van der Waals surface area (Å²) in [6, 6.07) is 9.48. The molecule has 2 aliphatic heterocycles. The van der Waals surface area contributed by atoms with Gasteiger partial charge in [-0.25, -0.2) is 0 Å². The van der Waals surface area contributed by atoms with E-state index < -0.39 is 17.6 Å². The van der Waals surface area contributed by atoms with Crippen LogP contribution in [0.2, 0.25) is 0 Å². The molecule has 0 aliphatic carbocycles. The van der Waals surface area contributed by atoms with Gasteiger partial charge in [0.05, 0.1) is 29.0 Å². The predicted octanol–water partition coefficient (Wildman–Crippen LogP) is 5.55. The van der Waals surface area contributed by atoms with Crippen molar-refractivity contribution < 1.29 is 18.0 Å². The smallest absolute Gasteiger partial charge is 0.403 e. The van der Waals surface area contributed by atoms with E-state index in [1.807, 2.05) is 24.1 Å². The molecular formula is C35H40F3N7O. The summed E-state index contributed by atoms with van der Waals surface area (Å²) in [5.74, 6) is 6.41. The van der Waals surface area contributed by atoms with Crippen LogP contribution in [0.5, 0.6) is 0 Å². The number of anilines is 1. The third kappa shape index (κ3) is 8.67. The number of carbonyl (C=O) groups excluding carboxylic acids is 1. The molecule has 0 radical (unpaired) electrons. The molecule has 2 aromatic rings. The van der Waals surface area contributed by atoms with Crippen molar-refractivity contribution in [1.29, 1.82) is 0 Å². The van der Waals surface area contributed by atoms with Crippen molar-refractivity contribution in [1.82, 2.24) is 15.1 Å². The Morgan fingerprint density at radius 2 is 1.91 bits per heavy atom. The van der Waals surface area contributed by atoms with Gasteiger partial charge < -0.3 is 21.3 Å². The van der Waals surface area contributed by atoms with Gasteiger partial charge in [-0.1, -0.05) is 37.6 Å². The SMILES string of the molecule is C=C(C#Cc1cc(C(=O)Nc2cccc(C(F)(F)F)c2)ccc1C)N1C=CC(C)C(NC(C=NC2CCN(C)CC2)=CN)C1=NC. The van der Waals surface area contributed by atoms with Crippen LogP contribution < -0.4 is 16.4 Å². The van der Waals surface area contributed by atoms with Crippen molar-refractivity contribution in [2.75, 3.05) is 32.5 Å². The van der Waals surface area contributed by atoms with E-state index in [0.717, 1.165) is 43.6 Å². The number of nitrogens with one attached hydrogen (secondary N) is 2. The molecule has 0 bridgehead atoms. The number of carbonyl (C=O) groups is 1. The number of alkyl halides is 3. The third-order valence-electron chi connectivity index (χ3n) is 8.01. The second-order valence-corrected chi connectivity index (χ2v) is 11.5. The molecule has 1 saturated heterocycles. The molecule has 0 aromatic heterocycles. The van der Waals surface area contributed by atoms with E-state index in [0.29, 0.717) is 22.8 Å². The van der Waals surface area contributed by atoms with Crippen molar-refractivity contribution >= 4 is 23.6 Å². The molecule has 2 atom stereocenters. The van der Waals surface area contributed by atoms with E-state index in [1.54, 1.807) is 31.5 Å². The minimum Gasteiger partial charge on any atom is -0.403 e. The first-order chi connectivity index (χ1) is 21.9. The number of nitrogens with zero attached hydrogens (tertiary/aromatic N) is 4. The molecule has 2 heterocycles. The molecule has 1 amide bonds. The largest absolute Gasteiger partial charge is 0.416 e. The Morgan fingerprint density at radius 1 is 1.17 bits per heavy atom. The summed E-state index contributed by atoms with van der Waals surface area (Å²) in [5, 5.41) is 6.02. The standard InChI is InChI=1S/C35H40F3N7O/c1-23-9-11-27(34(46)43-30-8-6-7-28(20-30)35(36,37)38)19-26(23)12-10-25(3)45-18-13-24(2)32(33(45)40-4)42-31(21-39)22-41-29-14-16-44(5)17-15-29/h6-9,11,13,18-22,24,29,32,42H,3,14-17,39H2,1-2,4-5H3,(H,43,46). The molecule has 0 saturated carbocycles. The van der Waals surface area contributed by atoms with Crippen molar-refractivity contribution in [3.63, 3.8) is 0 Å². The quantitative estimate of drug-likeness (QED) is 0.275. The van der Waals surface area contributed by atoms with Gasteiger partial charge in [-0.3, -0.25) is 19.7 Å². The normalized spacial score (nSPS) is 20.5. The molecular weight excluding hydrogens is 591 g/mol. The first kappa shape index (κ1) is 34.1. The van der Waals surface area contributed by atoms with Gasteiger partial charge in [0.1, 0.15) is 5.84 Å². The number of nitrogens with two attached hydrogens (primary N) is 1. The number of rotatable bonds is 7. The summed E-state index contributed by atoms with van der Waals surface area (Å²) in [6.45, 7) is 10.1. The molecule has 46 heavy (non-hydrogen) atoms. The molecule has 0 spiro atoms. The molecule has 1 fully saturated rings. The maximum atomic E-state index is 13.1. The van der Waals surface area contributed by atoms with E-state index in [2.05, 4.69) is 52.9 Å². The van der Waals surface area contributed by atoms with E-state index in [1.165, 1.54) is 18.3 Å². The summed E-state index contributed by atoms with van der Waals surface area (Å²) in [6.07, 6.45) is 4.72. The molecule has 11 heteroatoms. The van der Waals surface area contributed by atoms with Crippen LogP contribution in [0.4, 0.5) is 18.9 Å². The van der Waals surface area contributed by atoms with Gasteiger partial charge in [-0.05, 0) is 81.7 Å². The predicted molar refractivity (Wildman–Crippen MR) is 178 cm³/mol. The number of allylic oxidation sites excluding steroid dienone is 2. The highest BCUT2D eigenvalue weighted by molar-refractivity contribution is 6.04. The van der Waals surface area contributed by atoms with Crippen LogP contribution in [0.15, 0.2) is 88.9 Å². The number of piperidine rings is 1. The monoisotopic (exact) mass is 631 g/mol. The number of hydrogen-bond acceptors (Lipinski definition) is 6. The minimum atomic E-state index is -4.51. The summed E-state index contributed by atoms with van der Waals surface area (Å²) in [5.41, 5.74) is 7.99. The Morgan fingerprint density at radius 3 is 2.59 bits per heavy atom. The Labute approximate surface area is 268 Å². The zero-order valence-electron chi connectivity index (χ0n) is 26.5. The summed E-state index contributed by atoms with van der Waals surface area (Å²) in [4.78, 5) is 26.3. The molecule has 4 N–H and O–H groups in total. The van der Waals surface area contributed by atoms with Crippen LogP contribution in [0.25, 0.3) is 0 Å². The van der Waals surface area contributed by atoms with Crippen molar-refractivity contribution in [3.05, 3.63) is 101 Å². The van der Waals surface area contributed by atoms with Gasteiger partial charge in [0.2, 0.25) is 0 Å². The second kappa shape index (κ2) is 15.0. The third-order valence-corrected chi connectivity index (χ3v) is 8.01. The average Bonchev–Trinajstić information content (AvgIpc) is 3.03. The number of aliphatic imine (C=N–C) groups is 2. The van der Waals surface area contributed by atoms with Crippen molar-refractivity contribution in [2.45, 2.75) is 44.9 Å². The molecule has 2 unspecified atom stereocenters. The summed E-state index contributed by atoms with van der Waals surface area (Å²) in [7, 11) is 3.82. The number of hydrogen-bond donors (Lipinski definition) is 3. The van der Waals surface area contributed by atoms with Crippen LogP contribution in [-0.2, 0) is 6.18 Å². The van der Waals surface area contributed by atoms with Gasteiger partial charge in [0.25, 0.3) is 5.91 Å². The zero-order valence-corrected chi connectivity index (χ0v) is 26.5. The average molecular weight is 632 g/mol. The number of halogens is 3. The summed E-state index contributed by atoms with van der Waals surface area (Å²) < 4.78 is 39.3. The second-order valence-electron chi connectivity index (χ2n) is 11.5. The van der Waals surface area contributed by atoms with E-state index in [9.17, 15) is 18.0 Å². The Balaban J connectivity index is 1.47. The van der Waals surface area contributed by atoms with Gasteiger partial charge in [-0.2, -0.15) is 13.2 Å². The van der Waals surface area contributed by atoms with Crippen LogP contribution in [0.3, 0.4) is 0 Å². The van der Waals surface area contributed by atoms with Crippen LogP contribution >= 0.6 is 0 Å². The fraction of sp³-hybridized carbons (Fsp3) is 0.343.